The van der Waals surface area contributed by atoms with Crippen molar-refractivity contribution in [2.45, 2.75) is 13.8 Å². The number of fused-ring (bicyclic) bond motifs is 2. The van der Waals surface area contributed by atoms with Crippen LogP contribution in [0.3, 0.4) is 0 Å². The molecule has 0 aliphatic heterocycles. The van der Waals surface area contributed by atoms with E-state index in [1.165, 1.54) is 11.1 Å². The highest BCUT2D eigenvalue weighted by Crippen LogP contribution is 2.49. The Labute approximate surface area is 210 Å². The van der Waals surface area contributed by atoms with Crippen molar-refractivity contribution in [1.29, 1.82) is 0 Å². The van der Waals surface area contributed by atoms with E-state index in [0.717, 1.165) is 43.8 Å². The molecule has 0 aromatic heterocycles. The van der Waals surface area contributed by atoms with Crippen molar-refractivity contribution in [2.24, 2.45) is 0 Å². The van der Waals surface area contributed by atoms with Crippen LogP contribution in [0.2, 0.25) is 0 Å². The Balaban J connectivity index is 1.66. The molecule has 36 heavy (non-hydrogen) atoms. The van der Waals surface area contributed by atoms with Gasteiger partial charge in [0.25, 0.3) is 0 Å². The fraction of sp³-hybridized carbons (Fsp3) is 0.0588. The van der Waals surface area contributed by atoms with Crippen LogP contribution in [-0.2, 0) is 0 Å². The number of rotatable bonds is 3. The van der Waals surface area contributed by atoms with Crippen LogP contribution in [0.5, 0.6) is 11.5 Å². The second-order valence-corrected chi connectivity index (χ2v) is 9.46. The van der Waals surface area contributed by atoms with Crippen molar-refractivity contribution in [2.75, 3.05) is 0 Å². The van der Waals surface area contributed by atoms with E-state index >= 15 is 0 Å². The lowest BCUT2D eigenvalue weighted by Gasteiger charge is -2.19. The van der Waals surface area contributed by atoms with E-state index in [1.54, 1.807) is 0 Å². The second-order valence-electron chi connectivity index (χ2n) is 9.46. The van der Waals surface area contributed by atoms with E-state index in [2.05, 4.69) is 74.5 Å². The van der Waals surface area contributed by atoms with Gasteiger partial charge < -0.3 is 10.2 Å². The highest BCUT2D eigenvalue weighted by Gasteiger charge is 2.21. The first-order chi connectivity index (χ1) is 17.5. The van der Waals surface area contributed by atoms with Crippen molar-refractivity contribution >= 4 is 21.5 Å². The maximum absolute atomic E-state index is 11.4. The summed E-state index contributed by atoms with van der Waals surface area (Å²) in [5.41, 5.74) is 7.68. The Morgan fingerprint density at radius 2 is 0.750 bits per heavy atom. The van der Waals surface area contributed by atoms with Crippen molar-refractivity contribution in [3.05, 3.63) is 120 Å². The summed E-state index contributed by atoms with van der Waals surface area (Å²) >= 11 is 0. The first-order valence-electron chi connectivity index (χ1n) is 12.1. The first-order valence-corrected chi connectivity index (χ1v) is 12.1. The van der Waals surface area contributed by atoms with E-state index in [9.17, 15) is 10.2 Å². The second kappa shape index (κ2) is 8.58. The molecular formula is C34H26O2. The highest BCUT2D eigenvalue weighted by molar-refractivity contribution is 6.15. The van der Waals surface area contributed by atoms with Crippen LogP contribution in [0.15, 0.2) is 109 Å². The average molecular weight is 467 g/mol. The SMILES string of the molecule is Cc1ccc(-c2cc(O)c(-c3c(O)cc(-c4ccc(C)cc4)c4ccccc34)c3ccccc23)cc1. The summed E-state index contributed by atoms with van der Waals surface area (Å²) in [6.45, 7) is 4.13. The summed E-state index contributed by atoms with van der Waals surface area (Å²) in [5, 5.41) is 26.8. The van der Waals surface area contributed by atoms with E-state index in [0.29, 0.717) is 11.1 Å². The van der Waals surface area contributed by atoms with Crippen molar-refractivity contribution in [3.8, 4) is 44.9 Å². The minimum absolute atomic E-state index is 0.146. The lowest BCUT2D eigenvalue weighted by molar-refractivity contribution is 0.470. The molecule has 174 valence electrons. The number of phenols is 2. The maximum Gasteiger partial charge on any atom is 0.124 e. The Bertz CT molecular complexity index is 1610. The van der Waals surface area contributed by atoms with Crippen LogP contribution in [0.1, 0.15) is 11.1 Å². The molecule has 0 unspecified atom stereocenters. The lowest BCUT2D eigenvalue weighted by atomic mass is 9.86. The zero-order valence-electron chi connectivity index (χ0n) is 20.3. The van der Waals surface area contributed by atoms with Crippen LogP contribution in [0, 0.1) is 13.8 Å². The molecule has 0 saturated heterocycles. The van der Waals surface area contributed by atoms with Crippen molar-refractivity contribution < 1.29 is 10.2 Å². The Kier molecular flexibility index (Phi) is 5.23. The smallest absolute Gasteiger partial charge is 0.124 e. The van der Waals surface area contributed by atoms with Gasteiger partial charge in [0.1, 0.15) is 11.5 Å². The lowest BCUT2D eigenvalue weighted by Crippen LogP contribution is -1.91. The molecule has 0 fully saturated rings. The summed E-state index contributed by atoms with van der Waals surface area (Å²) in [4.78, 5) is 0. The fourth-order valence-corrected chi connectivity index (χ4v) is 5.19. The van der Waals surface area contributed by atoms with Gasteiger partial charge in [0, 0.05) is 11.1 Å². The fourth-order valence-electron chi connectivity index (χ4n) is 5.19. The molecule has 0 saturated carbocycles. The van der Waals surface area contributed by atoms with Crippen LogP contribution >= 0.6 is 0 Å². The first kappa shape index (κ1) is 21.9. The average Bonchev–Trinajstić information content (AvgIpc) is 2.90. The third-order valence-corrected chi connectivity index (χ3v) is 7.02. The molecule has 0 radical (unpaired) electrons. The third kappa shape index (κ3) is 3.59. The molecule has 2 nitrogen and oxygen atoms in total. The zero-order chi connectivity index (χ0) is 24.8. The summed E-state index contributed by atoms with van der Waals surface area (Å²) in [6.07, 6.45) is 0. The molecule has 0 bridgehead atoms. The third-order valence-electron chi connectivity index (χ3n) is 7.02. The number of aromatic hydroxyl groups is 2. The molecule has 6 rings (SSSR count). The van der Waals surface area contributed by atoms with Crippen LogP contribution in [0.4, 0.5) is 0 Å². The Morgan fingerprint density at radius 3 is 1.11 bits per heavy atom. The van der Waals surface area contributed by atoms with E-state index in [4.69, 9.17) is 0 Å². The Hall–Kier alpha value is -4.56. The molecule has 2 N–H and O–H groups in total. The Morgan fingerprint density at radius 1 is 0.417 bits per heavy atom. The van der Waals surface area contributed by atoms with E-state index in [-0.39, 0.29) is 11.5 Å². The van der Waals surface area contributed by atoms with Crippen molar-refractivity contribution in [1.82, 2.24) is 0 Å². The van der Waals surface area contributed by atoms with Gasteiger partial charge in [-0.25, -0.2) is 0 Å². The van der Waals surface area contributed by atoms with E-state index in [1.807, 2.05) is 48.5 Å². The van der Waals surface area contributed by atoms with Gasteiger partial charge in [-0.1, -0.05) is 108 Å². The van der Waals surface area contributed by atoms with Crippen LogP contribution in [-0.4, -0.2) is 10.2 Å². The zero-order valence-corrected chi connectivity index (χ0v) is 20.3. The highest BCUT2D eigenvalue weighted by atomic mass is 16.3. The predicted molar refractivity (Wildman–Crippen MR) is 151 cm³/mol. The van der Waals surface area contributed by atoms with Gasteiger partial charge in [-0.3, -0.25) is 0 Å². The molecular weight excluding hydrogens is 440 g/mol. The summed E-state index contributed by atoms with van der Waals surface area (Å²) < 4.78 is 0. The van der Waals surface area contributed by atoms with E-state index < -0.39 is 0 Å². The molecule has 0 heterocycles. The molecule has 0 amide bonds. The minimum Gasteiger partial charge on any atom is -0.507 e. The number of phenolic OH excluding ortho intramolecular Hbond substituents is 2. The van der Waals surface area contributed by atoms with Gasteiger partial charge in [-0.2, -0.15) is 0 Å². The molecule has 0 aliphatic carbocycles. The maximum atomic E-state index is 11.4. The standard InChI is InChI=1S/C34H26O2/c1-21-11-15-23(16-12-21)29-19-31(35)33(27-9-5-3-7-25(27)29)34-28-10-6-4-8-26(28)30(20-32(34)36)24-17-13-22(2)14-18-24/h3-20,35-36H,1-2H3. The molecule has 6 aromatic carbocycles. The monoisotopic (exact) mass is 466 g/mol. The largest absolute Gasteiger partial charge is 0.507 e. The van der Waals surface area contributed by atoms with Gasteiger partial charge in [0.05, 0.1) is 0 Å². The number of benzene rings is 6. The van der Waals surface area contributed by atoms with Gasteiger partial charge in [-0.15, -0.1) is 0 Å². The van der Waals surface area contributed by atoms with Crippen molar-refractivity contribution in [3.63, 3.8) is 0 Å². The molecule has 2 heteroatoms. The molecule has 0 atom stereocenters. The summed E-state index contributed by atoms with van der Waals surface area (Å²) in [6, 6.07) is 36.5. The number of hydrogen-bond donors (Lipinski definition) is 2. The predicted octanol–water partition coefficient (Wildman–Crippen LogP) is 9.02. The van der Waals surface area contributed by atoms with Crippen LogP contribution < -0.4 is 0 Å². The molecule has 6 aromatic rings. The topological polar surface area (TPSA) is 40.5 Å². The minimum atomic E-state index is 0.146. The summed E-state index contributed by atoms with van der Waals surface area (Å²) in [5.74, 6) is 0.292. The quantitative estimate of drug-likeness (QED) is 0.273. The number of hydrogen-bond acceptors (Lipinski definition) is 2. The van der Waals surface area contributed by atoms with Gasteiger partial charge in [-0.05, 0) is 69.8 Å². The number of aryl methyl sites for hydroxylation is 2. The van der Waals surface area contributed by atoms with Gasteiger partial charge in [0.15, 0.2) is 0 Å². The molecule has 0 spiro atoms. The summed E-state index contributed by atoms with van der Waals surface area (Å²) in [7, 11) is 0. The van der Waals surface area contributed by atoms with Gasteiger partial charge >= 0.3 is 0 Å². The normalized spacial score (nSPS) is 11.3. The molecule has 0 aliphatic rings. The van der Waals surface area contributed by atoms with Crippen LogP contribution in [0.25, 0.3) is 54.9 Å². The van der Waals surface area contributed by atoms with Gasteiger partial charge in [0.2, 0.25) is 0 Å².